The average Bonchev–Trinajstić information content (AvgIpc) is 3.33. The lowest BCUT2D eigenvalue weighted by atomic mass is 10.1. The molecule has 0 atom stereocenters. The van der Waals surface area contributed by atoms with Crippen molar-refractivity contribution in [2.75, 3.05) is 57.4 Å². The minimum absolute atomic E-state index is 0.126. The predicted octanol–water partition coefficient (Wildman–Crippen LogP) is 4.27. The van der Waals surface area contributed by atoms with Crippen LogP contribution in [0.4, 0.5) is 15.8 Å². The minimum Gasteiger partial charge on any atom is -0.378 e. The Bertz CT molecular complexity index is 1200. The van der Waals surface area contributed by atoms with E-state index in [4.69, 9.17) is 9.73 Å². The van der Waals surface area contributed by atoms with E-state index >= 15 is 0 Å². The quantitative estimate of drug-likeness (QED) is 0.380. The molecular formula is C28H36FN5O2S. The van der Waals surface area contributed by atoms with Crippen LogP contribution in [0.5, 0.6) is 0 Å². The van der Waals surface area contributed by atoms with E-state index in [9.17, 15) is 9.18 Å². The minimum atomic E-state index is -0.274. The van der Waals surface area contributed by atoms with Gasteiger partial charge in [0.05, 0.1) is 31.1 Å². The molecule has 3 aromatic rings. The van der Waals surface area contributed by atoms with Crippen molar-refractivity contribution >= 4 is 28.6 Å². The fourth-order valence-electron chi connectivity index (χ4n) is 4.40. The van der Waals surface area contributed by atoms with Gasteiger partial charge in [0, 0.05) is 43.8 Å². The van der Waals surface area contributed by atoms with E-state index in [1.807, 2.05) is 18.7 Å². The molecule has 2 heterocycles. The molecule has 1 amide bonds. The van der Waals surface area contributed by atoms with Gasteiger partial charge < -0.3 is 24.4 Å². The number of aromatic nitrogens is 1. The van der Waals surface area contributed by atoms with Crippen LogP contribution in [0.1, 0.15) is 20.3 Å². The first-order chi connectivity index (χ1) is 18.1. The number of carbonyl (C=O) groups excluding carboxylic acids is 1. The van der Waals surface area contributed by atoms with E-state index in [1.54, 1.807) is 23.5 Å². The van der Waals surface area contributed by atoms with Gasteiger partial charge in [-0.25, -0.2) is 9.38 Å². The number of likely N-dealkylation sites (N-methyl/N-ethyl adjacent to an activating group) is 1. The number of rotatable bonds is 11. The number of morpholine rings is 1. The van der Waals surface area contributed by atoms with Crippen LogP contribution < -0.4 is 15.0 Å². The number of halogens is 1. The Kier molecular flexibility index (Phi) is 9.87. The molecule has 1 fully saturated rings. The van der Waals surface area contributed by atoms with Crippen LogP contribution in [-0.4, -0.2) is 67.9 Å². The zero-order chi connectivity index (χ0) is 26.0. The molecular weight excluding hydrogens is 489 g/mol. The standard InChI is InChI=1S/C28H36FN5O2S/c1-3-32(4-2)27(35)20-30-14-5-15-34-26(21-37-28(34)31-24-10-8-23(29)9-11-24)22-6-12-25(13-7-22)33-16-18-36-19-17-33/h6-13,21,30H,3-5,14-20H2,1-2H3. The molecule has 198 valence electrons. The van der Waals surface area contributed by atoms with Gasteiger partial charge >= 0.3 is 0 Å². The molecule has 37 heavy (non-hydrogen) atoms. The highest BCUT2D eigenvalue weighted by atomic mass is 32.1. The number of amides is 1. The molecule has 0 spiro atoms. The average molecular weight is 526 g/mol. The predicted molar refractivity (Wildman–Crippen MR) is 148 cm³/mol. The van der Waals surface area contributed by atoms with Gasteiger partial charge in [-0.15, -0.1) is 11.3 Å². The van der Waals surface area contributed by atoms with Gasteiger partial charge in [-0.05, 0) is 68.8 Å². The number of nitrogens with zero attached hydrogens (tertiary/aromatic N) is 4. The molecule has 0 aliphatic carbocycles. The maximum Gasteiger partial charge on any atom is 0.236 e. The van der Waals surface area contributed by atoms with Crippen LogP contribution >= 0.6 is 11.3 Å². The smallest absolute Gasteiger partial charge is 0.236 e. The molecule has 0 saturated carbocycles. The van der Waals surface area contributed by atoms with Crippen molar-refractivity contribution in [2.24, 2.45) is 4.99 Å². The molecule has 7 nitrogen and oxygen atoms in total. The fraction of sp³-hybridized carbons (Fsp3) is 0.429. The molecule has 0 radical (unpaired) electrons. The van der Waals surface area contributed by atoms with Gasteiger partial charge in [-0.1, -0.05) is 12.1 Å². The first-order valence-electron chi connectivity index (χ1n) is 13.0. The number of anilines is 1. The van der Waals surface area contributed by atoms with Crippen LogP contribution in [-0.2, 0) is 16.1 Å². The van der Waals surface area contributed by atoms with E-state index in [0.29, 0.717) is 12.2 Å². The monoisotopic (exact) mass is 525 g/mol. The third-order valence-corrected chi connectivity index (χ3v) is 7.38. The molecule has 4 rings (SSSR count). The number of nitrogens with one attached hydrogen (secondary N) is 1. The van der Waals surface area contributed by atoms with Gasteiger partial charge in [0.1, 0.15) is 5.82 Å². The summed E-state index contributed by atoms with van der Waals surface area (Å²) in [4.78, 5) is 22.1. The van der Waals surface area contributed by atoms with Crippen molar-refractivity contribution in [3.63, 3.8) is 0 Å². The fourth-order valence-corrected chi connectivity index (χ4v) is 5.36. The second kappa shape index (κ2) is 13.5. The second-order valence-corrected chi connectivity index (χ2v) is 9.72. The Morgan fingerprint density at radius 1 is 1.08 bits per heavy atom. The van der Waals surface area contributed by atoms with Crippen LogP contribution in [0.2, 0.25) is 0 Å². The number of thiazole rings is 1. The highest BCUT2D eigenvalue weighted by molar-refractivity contribution is 7.07. The molecule has 2 aromatic carbocycles. The van der Waals surface area contributed by atoms with E-state index < -0.39 is 0 Å². The molecule has 1 saturated heterocycles. The van der Waals surface area contributed by atoms with E-state index in [2.05, 4.69) is 44.4 Å². The van der Waals surface area contributed by atoms with Crippen molar-refractivity contribution in [3.8, 4) is 11.3 Å². The summed E-state index contributed by atoms with van der Waals surface area (Å²) in [5, 5.41) is 5.41. The Hall–Kier alpha value is -3.01. The molecule has 1 aliphatic rings. The summed E-state index contributed by atoms with van der Waals surface area (Å²) in [6.07, 6.45) is 0.845. The summed E-state index contributed by atoms with van der Waals surface area (Å²) in [7, 11) is 0. The van der Waals surface area contributed by atoms with Crippen molar-refractivity contribution in [1.29, 1.82) is 0 Å². The summed E-state index contributed by atoms with van der Waals surface area (Å²) in [6, 6.07) is 14.9. The normalized spacial score (nSPS) is 14.2. The van der Waals surface area contributed by atoms with Crippen molar-refractivity contribution in [1.82, 2.24) is 14.8 Å². The molecule has 0 bridgehead atoms. The number of hydrogen-bond acceptors (Lipinski definition) is 6. The van der Waals surface area contributed by atoms with Gasteiger partial charge in [0.25, 0.3) is 0 Å². The van der Waals surface area contributed by atoms with E-state index in [1.165, 1.54) is 17.8 Å². The SMILES string of the molecule is CCN(CC)C(=O)CNCCCn1c(-c2ccc(N3CCOCC3)cc2)csc1=Nc1ccc(F)cc1. The Morgan fingerprint density at radius 3 is 2.46 bits per heavy atom. The zero-order valence-electron chi connectivity index (χ0n) is 21.7. The summed E-state index contributed by atoms with van der Waals surface area (Å²) < 4.78 is 21.1. The first kappa shape index (κ1) is 27.0. The Balaban J connectivity index is 1.51. The van der Waals surface area contributed by atoms with Gasteiger partial charge in [0.2, 0.25) is 5.91 Å². The van der Waals surface area contributed by atoms with Gasteiger partial charge in [0.15, 0.2) is 4.80 Å². The van der Waals surface area contributed by atoms with Crippen molar-refractivity contribution in [3.05, 3.63) is 64.5 Å². The molecule has 0 unspecified atom stereocenters. The summed E-state index contributed by atoms with van der Waals surface area (Å²) in [6.45, 7) is 10.6. The highest BCUT2D eigenvalue weighted by Gasteiger charge is 2.13. The maximum absolute atomic E-state index is 13.4. The summed E-state index contributed by atoms with van der Waals surface area (Å²) >= 11 is 1.58. The molecule has 1 aromatic heterocycles. The van der Waals surface area contributed by atoms with E-state index in [0.717, 1.165) is 75.0 Å². The molecule has 1 N–H and O–H groups in total. The number of hydrogen-bond donors (Lipinski definition) is 1. The number of ether oxygens (including phenoxy) is 1. The lowest BCUT2D eigenvalue weighted by Crippen LogP contribution is -2.38. The number of carbonyl (C=O) groups is 1. The lowest BCUT2D eigenvalue weighted by molar-refractivity contribution is -0.129. The first-order valence-corrected chi connectivity index (χ1v) is 13.9. The lowest BCUT2D eigenvalue weighted by Gasteiger charge is -2.28. The van der Waals surface area contributed by atoms with Crippen LogP contribution in [0.15, 0.2) is 58.9 Å². The molecule has 1 aliphatic heterocycles. The van der Waals surface area contributed by atoms with Gasteiger partial charge in [-0.3, -0.25) is 4.79 Å². The van der Waals surface area contributed by atoms with Crippen molar-refractivity contribution < 1.29 is 13.9 Å². The second-order valence-electron chi connectivity index (χ2n) is 8.89. The number of benzene rings is 2. The Morgan fingerprint density at radius 2 is 1.78 bits per heavy atom. The van der Waals surface area contributed by atoms with Crippen LogP contribution in [0, 0.1) is 5.82 Å². The Labute approximate surface area is 222 Å². The van der Waals surface area contributed by atoms with E-state index in [-0.39, 0.29) is 11.7 Å². The summed E-state index contributed by atoms with van der Waals surface area (Å²) in [5.74, 6) is -0.148. The molecule has 9 heteroatoms. The highest BCUT2D eigenvalue weighted by Crippen LogP contribution is 2.25. The van der Waals surface area contributed by atoms with Crippen LogP contribution in [0.25, 0.3) is 11.3 Å². The van der Waals surface area contributed by atoms with Gasteiger partial charge in [-0.2, -0.15) is 0 Å². The third-order valence-electron chi connectivity index (χ3n) is 6.52. The largest absolute Gasteiger partial charge is 0.378 e. The third kappa shape index (κ3) is 7.28. The topological polar surface area (TPSA) is 62.1 Å². The van der Waals surface area contributed by atoms with Crippen LogP contribution in [0.3, 0.4) is 0 Å². The maximum atomic E-state index is 13.4. The van der Waals surface area contributed by atoms with Crippen molar-refractivity contribution in [2.45, 2.75) is 26.8 Å². The zero-order valence-corrected chi connectivity index (χ0v) is 22.5. The summed E-state index contributed by atoms with van der Waals surface area (Å²) in [5.41, 5.74) is 4.14.